The van der Waals surface area contributed by atoms with Crippen molar-refractivity contribution < 1.29 is 9.47 Å². The van der Waals surface area contributed by atoms with Gasteiger partial charge in [0.25, 0.3) is 0 Å². The van der Waals surface area contributed by atoms with E-state index in [0.717, 1.165) is 53.6 Å². The second kappa shape index (κ2) is 9.02. The molecule has 2 aromatic carbocycles. The molecule has 1 atom stereocenters. The van der Waals surface area contributed by atoms with Crippen LogP contribution in [0.15, 0.2) is 48.5 Å². The first-order chi connectivity index (χ1) is 14.7. The van der Waals surface area contributed by atoms with Crippen LogP contribution in [0.5, 0.6) is 11.5 Å². The normalized spacial score (nSPS) is 16.7. The van der Waals surface area contributed by atoms with E-state index in [4.69, 9.17) is 26.8 Å². The van der Waals surface area contributed by atoms with E-state index in [1.807, 2.05) is 35.0 Å². The molecule has 158 valence electrons. The number of nitrogens with zero attached hydrogens (tertiary/aromatic N) is 4. The van der Waals surface area contributed by atoms with Crippen molar-refractivity contribution in [3.05, 3.63) is 58.9 Å². The molecule has 1 saturated heterocycles. The molecule has 3 aromatic rings. The highest BCUT2D eigenvalue weighted by Crippen LogP contribution is 2.39. The Kier molecular flexibility index (Phi) is 6.20. The van der Waals surface area contributed by atoms with Gasteiger partial charge in [0.15, 0.2) is 10.6 Å². The fourth-order valence-corrected chi connectivity index (χ4v) is 4.55. The Morgan fingerprint density at radius 3 is 2.60 bits per heavy atom. The van der Waals surface area contributed by atoms with Crippen LogP contribution in [-0.4, -0.2) is 40.0 Å². The Hall–Kier alpha value is -2.64. The highest BCUT2D eigenvalue weighted by atomic mass is 32.1. The lowest BCUT2D eigenvalue weighted by Gasteiger charge is -2.26. The van der Waals surface area contributed by atoms with E-state index in [1.165, 1.54) is 5.56 Å². The van der Waals surface area contributed by atoms with Crippen LogP contribution in [0.4, 0.5) is 0 Å². The SMILES string of the molecule is CCn1c(-c2ccccc2)nn(CN2CCC[C@H]2c2ccc(OC)cc2OC)c1=S. The van der Waals surface area contributed by atoms with E-state index in [0.29, 0.717) is 6.67 Å². The summed E-state index contributed by atoms with van der Waals surface area (Å²) in [5, 5.41) is 4.89. The van der Waals surface area contributed by atoms with Crippen LogP contribution in [0.25, 0.3) is 11.4 Å². The van der Waals surface area contributed by atoms with Crippen LogP contribution in [0, 0.1) is 4.77 Å². The molecular weight excluding hydrogens is 396 g/mol. The van der Waals surface area contributed by atoms with Gasteiger partial charge in [0.05, 0.1) is 20.9 Å². The molecule has 6 nitrogen and oxygen atoms in total. The van der Waals surface area contributed by atoms with Gasteiger partial charge in [-0.3, -0.25) is 4.90 Å². The molecule has 0 spiro atoms. The minimum Gasteiger partial charge on any atom is -0.497 e. The summed E-state index contributed by atoms with van der Waals surface area (Å²) in [5.41, 5.74) is 2.26. The second-order valence-electron chi connectivity index (χ2n) is 7.44. The Bertz CT molecular complexity index is 1060. The summed E-state index contributed by atoms with van der Waals surface area (Å²) in [6, 6.07) is 16.6. The minimum absolute atomic E-state index is 0.264. The lowest BCUT2D eigenvalue weighted by molar-refractivity contribution is 0.186. The summed E-state index contributed by atoms with van der Waals surface area (Å²) in [4.78, 5) is 2.43. The van der Waals surface area contributed by atoms with Gasteiger partial charge in [-0.05, 0) is 38.0 Å². The quantitative estimate of drug-likeness (QED) is 0.504. The van der Waals surface area contributed by atoms with Crippen molar-refractivity contribution in [3.63, 3.8) is 0 Å². The third-order valence-corrected chi connectivity index (χ3v) is 6.18. The maximum Gasteiger partial charge on any atom is 0.199 e. The van der Waals surface area contributed by atoms with Crippen LogP contribution in [0.2, 0.25) is 0 Å². The zero-order chi connectivity index (χ0) is 21.1. The number of rotatable bonds is 7. The molecule has 0 saturated carbocycles. The van der Waals surface area contributed by atoms with Gasteiger partial charge in [-0.2, -0.15) is 5.10 Å². The van der Waals surface area contributed by atoms with Gasteiger partial charge >= 0.3 is 0 Å². The van der Waals surface area contributed by atoms with Gasteiger partial charge in [-0.25, -0.2) is 4.68 Å². The number of methoxy groups -OCH3 is 2. The highest BCUT2D eigenvalue weighted by Gasteiger charge is 2.29. The van der Waals surface area contributed by atoms with E-state index in [1.54, 1.807) is 14.2 Å². The number of likely N-dealkylation sites (tertiary alicyclic amines) is 1. The van der Waals surface area contributed by atoms with Gasteiger partial charge < -0.3 is 14.0 Å². The van der Waals surface area contributed by atoms with Crippen molar-refractivity contribution in [2.45, 2.75) is 39.0 Å². The van der Waals surface area contributed by atoms with E-state index < -0.39 is 0 Å². The van der Waals surface area contributed by atoms with Crippen LogP contribution < -0.4 is 9.47 Å². The third kappa shape index (κ3) is 3.87. The fraction of sp³-hybridized carbons (Fsp3) is 0.391. The zero-order valence-electron chi connectivity index (χ0n) is 17.7. The molecule has 4 rings (SSSR count). The Labute approximate surface area is 182 Å². The van der Waals surface area contributed by atoms with E-state index in [9.17, 15) is 0 Å². The van der Waals surface area contributed by atoms with E-state index >= 15 is 0 Å². The molecule has 0 bridgehead atoms. The summed E-state index contributed by atoms with van der Waals surface area (Å²) in [5.74, 6) is 2.58. The van der Waals surface area contributed by atoms with Crippen LogP contribution in [-0.2, 0) is 13.2 Å². The fourth-order valence-electron chi connectivity index (χ4n) is 4.23. The lowest BCUT2D eigenvalue weighted by atomic mass is 10.0. The molecule has 1 aromatic heterocycles. The predicted octanol–water partition coefficient (Wildman–Crippen LogP) is 4.91. The monoisotopic (exact) mass is 424 g/mol. The number of hydrogen-bond donors (Lipinski definition) is 0. The van der Waals surface area contributed by atoms with Crippen LogP contribution in [0.1, 0.15) is 31.4 Å². The topological polar surface area (TPSA) is 44.5 Å². The van der Waals surface area contributed by atoms with Gasteiger partial charge in [0, 0.05) is 36.3 Å². The Morgan fingerprint density at radius 2 is 1.90 bits per heavy atom. The number of hydrogen-bond acceptors (Lipinski definition) is 5. The molecule has 0 amide bonds. The third-order valence-electron chi connectivity index (χ3n) is 5.75. The molecule has 2 heterocycles. The summed E-state index contributed by atoms with van der Waals surface area (Å²) < 4.78 is 15.8. The van der Waals surface area contributed by atoms with Gasteiger partial charge in [0.1, 0.15) is 11.5 Å². The highest BCUT2D eigenvalue weighted by molar-refractivity contribution is 7.71. The van der Waals surface area contributed by atoms with Gasteiger partial charge in [-0.15, -0.1) is 0 Å². The molecule has 1 aliphatic heterocycles. The first-order valence-corrected chi connectivity index (χ1v) is 10.8. The number of ether oxygens (including phenoxy) is 2. The maximum absolute atomic E-state index is 5.78. The van der Waals surface area contributed by atoms with E-state index in [2.05, 4.69) is 34.6 Å². The summed E-state index contributed by atoms with van der Waals surface area (Å²) in [6.45, 7) is 4.56. The van der Waals surface area contributed by atoms with Crippen LogP contribution in [0.3, 0.4) is 0 Å². The molecule has 0 aliphatic carbocycles. The molecule has 0 N–H and O–H groups in total. The Balaban J connectivity index is 1.65. The largest absolute Gasteiger partial charge is 0.497 e. The molecule has 0 radical (unpaired) electrons. The first-order valence-electron chi connectivity index (χ1n) is 10.3. The Morgan fingerprint density at radius 1 is 1.10 bits per heavy atom. The number of benzene rings is 2. The van der Waals surface area contributed by atoms with Gasteiger partial charge in [-0.1, -0.05) is 36.4 Å². The van der Waals surface area contributed by atoms with Crippen molar-refractivity contribution in [2.24, 2.45) is 0 Å². The molecule has 1 aliphatic rings. The van der Waals surface area contributed by atoms with Crippen molar-refractivity contribution in [1.29, 1.82) is 0 Å². The summed E-state index contributed by atoms with van der Waals surface area (Å²) in [6.07, 6.45) is 2.21. The number of aromatic nitrogens is 3. The zero-order valence-corrected chi connectivity index (χ0v) is 18.6. The summed E-state index contributed by atoms with van der Waals surface area (Å²) >= 11 is 5.78. The minimum atomic E-state index is 0.264. The predicted molar refractivity (Wildman–Crippen MR) is 120 cm³/mol. The smallest absolute Gasteiger partial charge is 0.199 e. The average Bonchev–Trinajstić information content (AvgIpc) is 3.38. The first kappa shape index (κ1) is 20.6. The standard InChI is InChI=1S/C23H28N4O2S/c1-4-26-22(17-9-6-5-7-10-17)24-27(23(26)30)16-25-14-8-11-20(25)19-13-12-18(28-2)15-21(19)29-3/h5-7,9-10,12-13,15,20H,4,8,11,14,16H2,1-3H3/t20-/m0/s1. The molecule has 30 heavy (non-hydrogen) atoms. The average molecular weight is 425 g/mol. The summed E-state index contributed by atoms with van der Waals surface area (Å²) in [7, 11) is 3.38. The molecule has 1 fully saturated rings. The molecule has 0 unspecified atom stereocenters. The van der Waals surface area contributed by atoms with Crippen molar-refractivity contribution in [2.75, 3.05) is 20.8 Å². The van der Waals surface area contributed by atoms with Crippen LogP contribution >= 0.6 is 12.2 Å². The molecular formula is C23H28N4O2S. The second-order valence-corrected chi connectivity index (χ2v) is 7.80. The van der Waals surface area contributed by atoms with E-state index in [-0.39, 0.29) is 6.04 Å². The van der Waals surface area contributed by atoms with Gasteiger partial charge in [0.2, 0.25) is 0 Å². The van der Waals surface area contributed by atoms with Crippen molar-refractivity contribution >= 4 is 12.2 Å². The van der Waals surface area contributed by atoms with Crippen molar-refractivity contribution in [1.82, 2.24) is 19.2 Å². The maximum atomic E-state index is 5.78. The van der Waals surface area contributed by atoms with Crippen molar-refractivity contribution in [3.8, 4) is 22.9 Å². The lowest BCUT2D eigenvalue weighted by Crippen LogP contribution is -2.27. The molecule has 7 heteroatoms.